The average molecular weight is 393 g/mol. The van der Waals surface area contributed by atoms with Gasteiger partial charge in [-0.3, -0.25) is 0 Å². The van der Waals surface area contributed by atoms with Crippen LogP contribution in [-0.4, -0.2) is 9.55 Å². The highest BCUT2D eigenvalue weighted by atomic mass is 15.1. The van der Waals surface area contributed by atoms with E-state index in [1.165, 1.54) is 44.4 Å². The second-order valence-electron chi connectivity index (χ2n) is 8.26. The number of nitrogens with zero attached hydrogens (tertiary/aromatic N) is 3. The molecule has 0 radical (unpaired) electrons. The van der Waals surface area contributed by atoms with Crippen LogP contribution in [0.25, 0.3) is 38.9 Å². The largest absolute Gasteiger partial charge is 0.327 e. The molecule has 5 aromatic rings. The van der Waals surface area contributed by atoms with Crippen LogP contribution >= 0.6 is 0 Å². The predicted octanol–water partition coefficient (Wildman–Crippen LogP) is 5.90. The molecule has 3 heteroatoms. The van der Waals surface area contributed by atoms with Crippen LogP contribution < -0.4 is 4.57 Å². The third-order valence-corrected chi connectivity index (χ3v) is 6.19. The monoisotopic (exact) mass is 392 g/mol. The van der Waals surface area contributed by atoms with Crippen LogP contribution in [0.15, 0.2) is 66.9 Å². The Labute approximate surface area is 177 Å². The summed E-state index contributed by atoms with van der Waals surface area (Å²) in [6.07, 6.45) is 2.26. The summed E-state index contributed by atoms with van der Waals surface area (Å²) in [6, 6.07) is 21.4. The molecule has 3 nitrogen and oxygen atoms in total. The van der Waals surface area contributed by atoms with E-state index in [4.69, 9.17) is 4.98 Å². The molecule has 0 aliphatic carbocycles. The van der Waals surface area contributed by atoms with E-state index in [-0.39, 0.29) is 0 Å². The summed E-state index contributed by atoms with van der Waals surface area (Å²) in [5.74, 6) is 1.02. The van der Waals surface area contributed by atoms with Gasteiger partial charge < -0.3 is 4.57 Å². The highest BCUT2D eigenvalue weighted by Crippen LogP contribution is 2.33. The standard InChI is InChI=1S/C27H26N3/c1-17-14-18(2)26(30-16-22-11-7-6-10-21(22)15-19(30)3)20(4)25(17)27-28-23-12-8-9-13-24(23)29(27)5/h6-16H,1-5H3/q+1. The predicted molar refractivity (Wildman–Crippen MR) is 124 cm³/mol. The highest BCUT2D eigenvalue weighted by molar-refractivity contribution is 5.83. The number of hydrogen-bond donors (Lipinski definition) is 0. The van der Waals surface area contributed by atoms with Crippen molar-refractivity contribution < 1.29 is 4.57 Å². The second kappa shape index (κ2) is 6.81. The quantitative estimate of drug-likeness (QED) is 0.343. The summed E-state index contributed by atoms with van der Waals surface area (Å²) in [5, 5.41) is 2.51. The zero-order valence-electron chi connectivity index (χ0n) is 18.2. The molecule has 0 aliphatic rings. The van der Waals surface area contributed by atoms with E-state index in [0.29, 0.717) is 0 Å². The van der Waals surface area contributed by atoms with Crippen LogP contribution in [0.5, 0.6) is 0 Å². The van der Waals surface area contributed by atoms with Gasteiger partial charge in [-0.05, 0) is 56.0 Å². The first-order chi connectivity index (χ1) is 14.5. The van der Waals surface area contributed by atoms with Gasteiger partial charge in [0.05, 0.1) is 11.0 Å². The molecule has 2 heterocycles. The number of benzene rings is 3. The second-order valence-corrected chi connectivity index (χ2v) is 8.26. The SMILES string of the molecule is Cc1cc(C)c(-[n+]2cc3ccccc3cc2C)c(C)c1-c1nc2ccccc2n1C. The average Bonchev–Trinajstić information content (AvgIpc) is 3.04. The Bertz CT molecular complexity index is 1440. The Balaban J connectivity index is 1.81. The van der Waals surface area contributed by atoms with Gasteiger partial charge in [-0.25, -0.2) is 4.98 Å². The van der Waals surface area contributed by atoms with Crippen molar-refractivity contribution in [1.29, 1.82) is 0 Å². The number of rotatable bonds is 2. The van der Waals surface area contributed by atoms with E-state index >= 15 is 0 Å². The van der Waals surface area contributed by atoms with Crippen LogP contribution in [0.3, 0.4) is 0 Å². The van der Waals surface area contributed by atoms with Crippen molar-refractivity contribution in [2.75, 3.05) is 0 Å². The number of imidazole rings is 1. The van der Waals surface area contributed by atoms with E-state index in [9.17, 15) is 0 Å². The number of aromatic nitrogens is 3. The Morgan fingerprint density at radius 3 is 2.27 bits per heavy atom. The van der Waals surface area contributed by atoms with Crippen molar-refractivity contribution in [2.24, 2.45) is 7.05 Å². The van der Waals surface area contributed by atoms with E-state index in [1.807, 2.05) is 6.07 Å². The van der Waals surface area contributed by atoms with Gasteiger partial charge in [-0.2, -0.15) is 4.57 Å². The Kier molecular flexibility index (Phi) is 4.21. The lowest BCUT2D eigenvalue weighted by Crippen LogP contribution is -2.36. The van der Waals surface area contributed by atoms with E-state index in [0.717, 1.165) is 16.9 Å². The Morgan fingerprint density at radius 1 is 0.800 bits per heavy atom. The third-order valence-electron chi connectivity index (χ3n) is 6.19. The van der Waals surface area contributed by atoms with Gasteiger partial charge in [0.2, 0.25) is 5.69 Å². The summed E-state index contributed by atoms with van der Waals surface area (Å²) in [6.45, 7) is 8.80. The summed E-state index contributed by atoms with van der Waals surface area (Å²) < 4.78 is 4.54. The zero-order chi connectivity index (χ0) is 21.0. The third kappa shape index (κ3) is 2.73. The molecule has 0 amide bonds. The molecule has 0 bridgehead atoms. The van der Waals surface area contributed by atoms with Gasteiger partial charge >= 0.3 is 0 Å². The lowest BCUT2D eigenvalue weighted by molar-refractivity contribution is -0.602. The maximum atomic E-state index is 4.99. The van der Waals surface area contributed by atoms with Crippen molar-refractivity contribution in [1.82, 2.24) is 9.55 Å². The van der Waals surface area contributed by atoms with Gasteiger partial charge in [0, 0.05) is 42.1 Å². The van der Waals surface area contributed by atoms with Crippen molar-refractivity contribution in [2.45, 2.75) is 27.7 Å². The molecular formula is C27H26N3+. The van der Waals surface area contributed by atoms with Gasteiger partial charge in [0.15, 0.2) is 11.9 Å². The lowest BCUT2D eigenvalue weighted by Gasteiger charge is -2.15. The van der Waals surface area contributed by atoms with Crippen LogP contribution in [0, 0.1) is 27.7 Å². The summed E-state index contributed by atoms with van der Waals surface area (Å²) in [4.78, 5) is 4.99. The molecule has 2 aromatic heterocycles. The summed E-state index contributed by atoms with van der Waals surface area (Å²) in [7, 11) is 2.11. The molecule has 0 N–H and O–H groups in total. The smallest absolute Gasteiger partial charge is 0.217 e. The Morgan fingerprint density at radius 2 is 1.50 bits per heavy atom. The number of aryl methyl sites for hydroxylation is 4. The molecule has 0 saturated carbocycles. The molecule has 0 saturated heterocycles. The zero-order valence-corrected chi connectivity index (χ0v) is 18.2. The number of fused-ring (bicyclic) bond motifs is 2. The van der Waals surface area contributed by atoms with Crippen molar-refractivity contribution in [3.05, 3.63) is 89.2 Å². The van der Waals surface area contributed by atoms with Crippen LogP contribution in [0.1, 0.15) is 22.4 Å². The molecule has 5 rings (SSSR count). The molecule has 0 unspecified atom stereocenters. The number of pyridine rings is 1. The van der Waals surface area contributed by atoms with Crippen molar-refractivity contribution in [3.63, 3.8) is 0 Å². The van der Waals surface area contributed by atoms with Crippen LogP contribution in [0.4, 0.5) is 0 Å². The first-order valence-corrected chi connectivity index (χ1v) is 10.4. The van der Waals surface area contributed by atoms with Crippen molar-refractivity contribution >= 4 is 21.8 Å². The van der Waals surface area contributed by atoms with Gasteiger partial charge in [0.25, 0.3) is 0 Å². The molecule has 30 heavy (non-hydrogen) atoms. The highest BCUT2D eigenvalue weighted by Gasteiger charge is 2.24. The topological polar surface area (TPSA) is 21.7 Å². The van der Waals surface area contributed by atoms with Gasteiger partial charge in [-0.15, -0.1) is 0 Å². The molecule has 0 atom stereocenters. The van der Waals surface area contributed by atoms with Crippen molar-refractivity contribution in [3.8, 4) is 17.1 Å². The minimum Gasteiger partial charge on any atom is -0.327 e. The fraction of sp³-hybridized carbons (Fsp3) is 0.185. The molecule has 148 valence electrons. The summed E-state index contributed by atoms with van der Waals surface area (Å²) >= 11 is 0. The normalized spacial score (nSPS) is 11.5. The fourth-order valence-corrected chi connectivity index (χ4v) is 4.80. The molecular weight excluding hydrogens is 366 g/mol. The van der Waals surface area contributed by atoms with E-state index in [1.54, 1.807) is 0 Å². The lowest BCUT2D eigenvalue weighted by atomic mass is 9.96. The summed E-state index contributed by atoms with van der Waals surface area (Å²) in [5.41, 5.74) is 9.66. The fourth-order valence-electron chi connectivity index (χ4n) is 4.80. The van der Waals surface area contributed by atoms with Gasteiger partial charge in [-0.1, -0.05) is 30.3 Å². The van der Waals surface area contributed by atoms with E-state index in [2.05, 4.69) is 105 Å². The minimum absolute atomic E-state index is 1.02. The number of hydrogen-bond acceptors (Lipinski definition) is 1. The van der Waals surface area contributed by atoms with E-state index < -0.39 is 0 Å². The van der Waals surface area contributed by atoms with Gasteiger partial charge in [0.1, 0.15) is 5.82 Å². The molecule has 0 aliphatic heterocycles. The molecule has 0 spiro atoms. The first-order valence-electron chi connectivity index (χ1n) is 10.4. The molecule has 3 aromatic carbocycles. The maximum absolute atomic E-state index is 4.99. The minimum atomic E-state index is 1.02. The molecule has 0 fully saturated rings. The van der Waals surface area contributed by atoms with Crippen LogP contribution in [-0.2, 0) is 7.05 Å². The number of para-hydroxylation sites is 2. The van der Waals surface area contributed by atoms with Crippen LogP contribution in [0.2, 0.25) is 0 Å². The maximum Gasteiger partial charge on any atom is 0.217 e. The first kappa shape index (κ1) is 18.6. The Hall–Kier alpha value is -3.46.